The van der Waals surface area contributed by atoms with Gasteiger partial charge in [-0.15, -0.1) is 11.3 Å². The van der Waals surface area contributed by atoms with E-state index in [4.69, 9.17) is 15.5 Å². The first-order chi connectivity index (χ1) is 14.1. The molecule has 29 heavy (non-hydrogen) atoms. The molecule has 0 bridgehead atoms. The molecule has 0 atom stereocenters. The largest absolute Gasteiger partial charge is 0.497 e. The van der Waals surface area contributed by atoms with Crippen molar-refractivity contribution in [2.45, 2.75) is 31.6 Å². The number of rotatable bonds is 6. The van der Waals surface area contributed by atoms with Crippen LogP contribution in [0, 0.1) is 5.92 Å². The molecule has 1 fully saturated rings. The average Bonchev–Trinajstić information content (AvgIpc) is 3.24. The second-order valence-electron chi connectivity index (χ2n) is 7.13. The number of nitrogens with zero attached hydrogens (tertiary/aromatic N) is 3. The number of thiazole rings is 1. The smallest absolute Gasteiger partial charge is 0.220 e. The number of carbonyl (C=O) groups is 1. The number of hydrogen-bond donors (Lipinski definition) is 2. The van der Waals surface area contributed by atoms with Crippen molar-refractivity contribution in [2.24, 2.45) is 11.7 Å². The molecule has 0 aliphatic heterocycles. The van der Waals surface area contributed by atoms with Gasteiger partial charge in [0.25, 0.3) is 0 Å². The van der Waals surface area contributed by atoms with E-state index in [1.165, 1.54) is 0 Å². The van der Waals surface area contributed by atoms with Crippen LogP contribution >= 0.6 is 11.3 Å². The van der Waals surface area contributed by atoms with Crippen molar-refractivity contribution < 1.29 is 9.53 Å². The van der Waals surface area contributed by atoms with Gasteiger partial charge in [-0.3, -0.25) is 4.79 Å². The van der Waals surface area contributed by atoms with E-state index in [0.29, 0.717) is 17.6 Å². The van der Waals surface area contributed by atoms with E-state index in [1.54, 1.807) is 30.7 Å². The summed E-state index contributed by atoms with van der Waals surface area (Å²) in [6, 6.07) is 9.46. The van der Waals surface area contributed by atoms with Crippen LogP contribution in [0.4, 0.5) is 11.6 Å². The number of methoxy groups -OCH3 is 1. The first-order valence-electron chi connectivity index (χ1n) is 9.62. The normalized spacial score (nSPS) is 18.9. The van der Waals surface area contributed by atoms with Crippen LogP contribution in [0.15, 0.2) is 42.7 Å². The Hall–Kier alpha value is -3.00. The highest BCUT2D eigenvalue weighted by molar-refractivity contribution is 7.15. The molecule has 8 heteroatoms. The minimum Gasteiger partial charge on any atom is -0.497 e. The Morgan fingerprint density at radius 2 is 2.00 bits per heavy atom. The van der Waals surface area contributed by atoms with Crippen molar-refractivity contribution in [2.75, 3.05) is 12.4 Å². The molecule has 7 nitrogen and oxygen atoms in total. The van der Waals surface area contributed by atoms with Crippen molar-refractivity contribution in [3.05, 3.63) is 47.7 Å². The molecule has 0 saturated heterocycles. The van der Waals surface area contributed by atoms with E-state index >= 15 is 0 Å². The van der Waals surface area contributed by atoms with Crippen molar-refractivity contribution in [1.29, 1.82) is 0 Å². The first kappa shape index (κ1) is 19.3. The van der Waals surface area contributed by atoms with E-state index in [2.05, 4.69) is 15.3 Å². The van der Waals surface area contributed by atoms with Crippen LogP contribution in [0.1, 0.15) is 36.6 Å². The van der Waals surface area contributed by atoms with Gasteiger partial charge in [-0.25, -0.2) is 15.0 Å². The molecule has 3 aromatic heterocycles. The van der Waals surface area contributed by atoms with Crippen LogP contribution in [-0.2, 0) is 4.79 Å². The monoisotopic (exact) mass is 409 g/mol. The molecule has 1 amide bonds. The van der Waals surface area contributed by atoms with Crippen molar-refractivity contribution in [3.8, 4) is 16.3 Å². The van der Waals surface area contributed by atoms with E-state index in [0.717, 1.165) is 47.0 Å². The lowest BCUT2D eigenvalue weighted by Gasteiger charge is -2.24. The van der Waals surface area contributed by atoms with Crippen LogP contribution in [0.2, 0.25) is 0 Å². The molecule has 0 aromatic carbocycles. The van der Waals surface area contributed by atoms with Crippen molar-refractivity contribution in [1.82, 2.24) is 15.0 Å². The Balaban J connectivity index is 1.47. The maximum atomic E-state index is 11.4. The summed E-state index contributed by atoms with van der Waals surface area (Å²) >= 11 is 1.67. The second kappa shape index (κ2) is 8.57. The third-order valence-electron chi connectivity index (χ3n) is 5.23. The molecule has 0 radical (unpaired) electrons. The Morgan fingerprint density at radius 1 is 1.17 bits per heavy atom. The minimum atomic E-state index is -0.178. The number of aromatic nitrogens is 3. The number of ether oxygens (including phenoxy) is 1. The lowest BCUT2D eigenvalue weighted by Crippen LogP contribution is -2.27. The summed E-state index contributed by atoms with van der Waals surface area (Å²) < 4.78 is 5.23. The van der Waals surface area contributed by atoms with Gasteiger partial charge >= 0.3 is 0 Å². The van der Waals surface area contributed by atoms with Crippen LogP contribution in [-0.4, -0.2) is 28.0 Å². The number of primary amides is 1. The van der Waals surface area contributed by atoms with Gasteiger partial charge in [0.1, 0.15) is 17.4 Å². The number of hydrogen-bond acceptors (Lipinski definition) is 7. The van der Waals surface area contributed by atoms with Crippen LogP contribution in [0.3, 0.4) is 0 Å². The highest BCUT2D eigenvalue weighted by Gasteiger charge is 2.27. The number of pyridine rings is 2. The molecule has 1 aliphatic rings. The third kappa shape index (κ3) is 4.54. The summed E-state index contributed by atoms with van der Waals surface area (Å²) in [5.41, 5.74) is 6.31. The summed E-state index contributed by atoms with van der Waals surface area (Å²) in [5, 5.41) is 4.32. The SMILES string of the molecule is COc1ccnc(Nc2cccc(-c3cnc([C@H]4CC[C@H](C(N)=O)CC4)s3)n2)c1. The predicted octanol–water partition coefficient (Wildman–Crippen LogP) is 4.11. The summed E-state index contributed by atoms with van der Waals surface area (Å²) in [4.78, 5) is 26.0. The molecular formula is C21H23N5O2S. The Bertz CT molecular complexity index is 998. The Kier molecular flexibility index (Phi) is 5.71. The topological polar surface area (TPSA) is 103 Å². The molecule has 3 aromatic rings. The Morgan fingerprint density at radius 3 is 2.76 bits per heavy atom. The number of nitrogens with two attached hydrogens (primary N) is 1. The third-order valence-corrected chi connectivity index (χ3v) is 6.41. The van der Waals surface area contributed by atoms with Gasteiger partial charge in [-0.05, 0) is 43.9 Å². The van der Waals surface area contributed by atoms with Gasteiger partial charge in [0.2, 0.25) is 5.91 Å². The lowest BCUT2D eigenvalue weighted by molar-refractivity contribution is -0.122. The lowest BCUT2D eigenvalue weighted by atomic mass is 9.82. The molecule has 1 saturated carbocycles. The van der Waals surface area contributed by atoms with Gasteiger partial charge in [0, 0.05) is 30.3 Å². The number of nitrogens with one attached hydrogen (secondary N) is 1. The summed E-state index contributed by atoms with van der Waals surface area (Å²) in [6.07, 6.45) is 7.18. The van der Waals surface area contributed by atoms with Crippen molar-refractivity contribution in [3.63, 3.8) is 0 Å². The summed E-state index contributed by atoms with van der Waals surface area (Å²) in [6.45, 7) is 0. The highest BCUT2D eigenvalue weighted by atomic mass is 32.1. The van der Waals surface area contributed by atoms with Gasteiger partial charge in [-0.2, -0.15) is 0 Å². The second-order valence-corrected chi connectivity index (χ2v) is 8.19. The van der Waals surface area contributed by atoms with Crippen LogP contribution in [0.5, 0.6) is 5.75 Å². The zero-order valence-corrected chi connectivity index (χ0v) is 17.0. The van der Waals surface area contributed by atoms with Crippen LogP contribution in [0.25, 0.3) is 10.6 Å². The summed E-state index contributed by atoms with van der Waals surface area (Å²) in [5.74, 6) is 2.34. The summed E-state index contributed by atoms with van der Waals surface area (Å²) in [7, 11) is 1.62. The fourth-order valence-corrected chi connectivity index (χ4v) is 4.66. The van der Waals surface area contributed by atoms with E-state index < -0.39 is 0 Å². The van der Waals surface area contributed by atoms with Gasteiger partial charge < -0.3 is 15.8 Å². The van der Waals surface area contributed by atoms with Gasteiger partial charge in [0.05, 0.1) is 22.7 Å². The van der Waals surface area contributed by atoms with Crippen LogP contribution < -0.4 is 15.8 Å². The molecule has 0 spiro atoms. The molecule has 1 aliphatic carbocycles. The maximum Gasteiger partial charge on any atom is 0.220 e. The molecule has 4 rings (SSSR count). The molecule has 3 N–H and O–H groups in total. The number of amides is 1. The first-order valence-corrected chi connectivity index (χ1v) is 10.4. The van der Waals surface area contributed by atoms with E-state index in [9.17, 15) is 4.79 Å². The number of carbonyl (C=O) groups excluding carboxylic acids is 1. The zero-order valence-electron chi connectivity index (χ0n) is 16.2. The van der Waals surface area contributed by atoms with Gasteiger partial charge in [-0.1, -0.05) is 6.07 Å². The molecule has 150 valence electrons. The fraction of sp³-hybridized carbons (Fsp3) is 0.333. The highest BCUT2D eigenvalue weighted by Crippen LogP contribution is 2.39. The maximum absolute atomic E-state index is 11.4. The quantitative estimate of drug-likeness (QED) is 0.635. The zero-order chi connectivity index (χ0) is 20.2. The molecular weight excluding hydrogens is 386 g/mol. The standard InChI is InChI=1S/C21H23N5O2S/c1-28-15-9-10-23-19(11-15)26-18-4-2-3-16(25-18)17-12-24-21(29-17)14-7-5-13(6-8-14)20(22)27/h2-4,9-14H,5-8H2,1H3,(H2,22,27)(H,23,25,26)/t13-,14-. The minimum absolute atomic E-state index is 0.0142. The van der Waals surface area contributed by atoms with Gasteiger partial charge in [0.15, 0.2) is 0 Å². The molecule has 3 heterocycles. The fourth-order valence-electron chi connectivity index (χ4n) is 3.60. The van der Waals surface area contributed by atoms with E-state index in [1.807, 2.05) is 30.5 Å². The average molecular weight is 410 g/mol. The Labute approximate surface area is 173 Å². The number of anilines is 2. The predicted molar refractivity (Wildman–Crippen MR) is 113 cm³/mol. The van der Waals surface area contributed by atoms with E-state index in [-0.39, 0.29) is 11.8 Å². The van der Waals surface area contributed by atoms with Crippen molar-refractivity contribution >= 4 is 28.9 Å². The molecule has 0 unspecified atom stereocenters.